The van der Waals surface area contributed by atoms with Crippen molar-refractivity contribution in [2.75, 3.05) is 5.73 Å². The van der Waals surface area contributed by atoms with E-state index in [1.165, 1.54) is 6.33 Å². The Morgan fingerprint density at radius 3 is 2.50 bits per heavy atom. The lowest BCUT2D eigenvalue weighted by molar-refractivity contribution is 0.251. The molecule has 1 amide bonds. The molecule has 0 radical (unpaired) electrons. The van der Waals surface area contributed by atoms with Gasteiger partial charge < -0.3 is 11.5 Å². The number of aromatic amines is 1. The normalized spacial score (nSPS) is 9.80. The average molecular weight is 274 g/mol. The standard InChI is InChI=1S/C6H6N6O2.C4H4N2/c7-5-10-3-2(4(13)11-5)9-1-12(3)6(8)14;1-2-5-4-6-3-1/h1H,(H2,8,14)(H3,7,10,11,13);1-4H. The minimum atomic E-state index is -0.773. The number of nitrogen functional groups attached to an aromatic ring is 1. The summed E-state index contributed by atoms with van der Waals surface area (Å²) in [7, 11) is 0. The molecule has 0 aliphatic heterocycles. The first-order chi connectivity index (χ1) is 9.59. The van der Waals surface area contributed by atoms with Crippen molar-refractivity contribution in [2.24, 2.45) is 5.73 Å². The molecule has 3 aromatic heterocycles. The molecule has 0 unspecified atom stereocenters. The van der Waals surface area contributed by atoms with Gasteiger partial charge in [-0.3, -0.25) is 9.78 Å². The Balaban J connectivity index is 0.000000205. The van der Waals surface area contributed by atoms with Crippen LogP contribution in [0.15, 0.2) is 35.9 Å². The van der Waals surface area contributed by atoms with E-state index in [0.29, 0.717) is 0 Å². The van der Waals surface area contributed by atoms with Crippen LogP contribution in [0.1, 0.15) is 0 Å². The number of hydrogen-bond acceptors (Lipinski definition) is 7. The molecule has 0 saturated carbocycles. The van der Waals surface area contributed by atoms with E-state index < -0.39 is 11.6 Å². The number of fused-ring (bicyclic) bond motifs is 1. The number of rotatable bonds is 0. The summed E-state index contributed by atoms with van der Waals surface area (Å²) in [5.41, 5.74) is 9.88. The molecule has 0 saturated heterocycles. The highest BCUT2D eigenvalue weighted by atomic mass is 16.2. The van der Waals surface area contributed by atoms with Crippen LogP contribution in [0, 0.1) is 0 Å². The number of H-pyrrole nitrogens is 1. The Kier molecular flexibility index (Phi) is 3.65. The third-order valence-electron chi connectivity index (χ3n) is 2.14. The second-order valence-corrected chi connectivity index (χ2v) is 3.48. The summed E-state index contributed by atoms with van der Waals surface area (Å²) in [5.74, 6) is -0.0921. The zero-order valence-corrected chi connectivity index (χ0v) is 10.1. The van der Waals surface area contributed by atoms with Crippen LogP contribution in [0.3, 0.4) is 0 Å². The fraction of sp³-hybridized carbons (Fsp3) is 0. The van der Waals surface area contributed by atoms with Crippen LogP contribution in [0.4, 0.5) is 10.7 Å². The first-order valence-corrected chi connectivity index (χ1v) is 5.32. The summed E-state index contributed by atoms with van der Waals surface area (Å²) < 4.78 is 0.945. The molecule has 102 valence electrons. The third-order valence-corrected chi connectivity index (χ3v) is 2.14. The van der Waals surface area contributed by atoms with E-state index >= 15 is 0 Å². The molecular formula is C10H10N8O2. The second kappa shape index (κ2) is 5.56. The van der Waals surface area contributed by atoms with Gasteiger partial charge in [0.15, 0.2) is 11.2 Å². The van der Waals surface area contributed by atoms with Gasteiger partial charge in [0.25, 0.3) is 5.56 Å². The van der Waals surface area contributed by atoms with Gasteiger partial charge in [-0.2, -0.15) is 4.98 Å². The van der Waals surface area contributed by atoms with Crippen molar-refractivity contribution in [2.45, 2.75) is 0 Å². The van der Waals surface area contributed by atoms with E-state index in [-0.39, 0.29) is 17.1 Å². The molecule has 5 N–H and O–H groups in total. The SMILES string of the molecule is NC(=O)n1cnc2c(=O)[nH]c(N)nc21.c1cncnc1. The lowest BCUT2D eigenvalue weighted by Gasteiger charge is -1.96. The van der Waals surface area contributed by atoms with Gasteiger partial charge in [-0.25, -0.2) is 24.3 Å². The number of nitrogens with two attached hydrogens (primary N) is 2. The lowest BCUT2D eigenvalue weighted by atomic mass is 10.5. The number of anilines is 1. The van der Waals surface area contributed by atoms with Crippen LogP contribution in [-0.2, 0) is 0 Å². The van der Waals surface area contributed by atoms with Gasteiger partial charge in [0.05, 0.1) is 0 Å². The summed E-state index contributed by atoms with van der Waals surface area (Å²) in [6, 6.07) is 1.00. The van der Waals surface area contributed by atoms with Crippen molar-refractivity contribution >= 4 is 23.1 Å². The van der Waals surface area contributed by atoms with E-state index in [1.807, 2.05) is 0 Å². The summed E-state index contributed by atoms with van der Waals surface area (Å²) in [5, 5.41) is 0. The van der Waals surface area contributed by atoms with Crippen LogP contribution in [0.5, 0.6) is 0 Å². The van der Waals surface area contributed by atoms with Crippen LogP contribution in [-0.4, -0.2) is 35.5 Å². The van der Waals surface area contributed by atoms with E-state index in [0.717, 1.165) is 10.9 Å². The minimum absolute atomic E-state index is 0.0259. The highest BCUT2D eigenvalue weighted by molar-refractivity contribution is 5.85. The minimum Gasteiger partial charge on any atom is -0.369 e. The monoisotopic (exact) mass is 274 g/mol. The van der Waals surface area contributed by atoms with Crippen LogP contribution in [0.2, 0.25) is 0 Å². The molecule has 3 aromatic rings. The van der Waals surface area contributed by atoms with Gasteiger partial charge >= 0.3 is 6.03 Å². The number of nitrogens with zero attached hydrogens (tertiary/aromatic N) is 5. The van der Waals surface area contributed by atoms with Crippen LogP contribution in [0.25, 0.3) is 11.2 Å². The molecule has 3 rings (SSSR count). The van der Waals surface area contributed by atoms with Gasteiger partial charge in [0.2, 0.25) is 5.95 Å². The molecule has 10 heteroatoms. The Hall–Kier alpha value is -3.30. The number of carbonyl (C=O) groups excluding carboxylic acids is 1. The molecule has 0 fully saturated rings. The highest BCUT2D eigenvalue weighted by Gasteiger charge is 2.11. The third kappa shape index (κ3) is 2.75. The summed E-state index contributed by atoms with van der Waals surface area (Å²) in [6.45, 7) is 0. The number of imidazole rings is 1. The topological polar surface area (TPSA) is 158 Å². The van der Waals surface area contributed by atoms with Crippen LogP contribution >= 0.6 is 0 Å². The van der Waals surface area contributed by atoms with Gasteiger partial charge in [0.1, 0.15) is 12.7 Å². The Morgan fingerprint density at radius 2 is 2.00 bits per heavy atom. The number of amides is 1. The summed E-state index contributed by atoms with van der Waals surface area (Å²) in [6.07, 6.45) is 5.99. The van der Waals surface area contributed by atoms with Crippen molar-refractivity contribution in [1.82, 2.24) is 29.5 Å². The van der Waals surface area contributed by atoms with Gasteiger partial charge in [0, 0.05) is 12.4 Å². The Labute approximate surface area is 111 Å². The van der Waals surface area contributed by atoms with Crippen molar-refractivity contribution in [3.05, 3.63) is 41.5 Å². The van der Waals surface area contributed by atoms with E-state index in [1.54, 1.807) is 18.5 Å². The van der Waals surface area contributed by atoms with Gasteiger partial charge in [-0.15, -0.1) is 0 Å². The maximum Gasteiger partial charge on any atom is 0.325 e. The smallest absolute Gasteiger partial charge is 0.325 e. The van der Waals surface area contributed by atoms with Crippen molar-refractivity contribution in [1.29, 1.82) is 0 Å². The molecule has 0 atom stereocenters. The fourth-order valence-electron chi connectivity index (χ4n) is 1.34. The first-order valence-electron chi connectivity index (χ1n) is 5.32. The molecule has 0 aliphatic carbocycles. The fourth-order valence-corrected chi connectivity index (χ4v) is 1.34. The van der Waals surface area contributed by atoms with Crippen molar-refractivity contribution in [3.8, 4) is 0 Å². The number of carbonyl (C=O) groups is 1. The van der Waals surface area contributed by atoms with Crippen molar-refractivity contribution in [3.63, 3.8) is 0 Å². The summed E-state index contributed by atoms with van der Waals surface area (Å²) >= 11 is 0. The Bertz CT molecular complexity index is 752. The van der Waals surface area contributed by atoms with Gasteiger partial charge in [-0.1, -0.05) is 0 Å². The van der Waals surface area contributed by atoms with E-state index in [9.17, 15) is 9.59 Å². The molecule has 0 spiro atoms. The first kappa shape index (κ1) is 13.1. The molecule has 0 aromatic carbocycles. The van der Waals surface area contributed by atoms with Crippen LogP contribution < -0.4 is 17.0 Å². The maximum atomic E-state index is 11.2. The molecule has 3 heterocycles. The van der Waals surface area contributed by atoms with E-state index in [2.05, 4.69) is 24.9 Å². The number of aromatic nitrogens is 6. The predicted molar refractivity (Wildman–Crippen MR) is 69.6 cm³/mol. The maximum absolute atomic E-state index is 11.2. The molecular weight excluding hydrogens is 264 g/mol. The average Bonchev–Trinajstić information content (AvgIpc) is 2.85. The molecule has 0 bridgehead atoms. The Morgan fingerprint density at radius 1 is 1.30 bits per heavy atom. The molecule has 0 aliphatic rings. The zero-order chi connectivity index (χ0) is 14.5. The van der Waals surface area contributed by atoms with E-state index in [4.69, 9.17) is 11.5 Å². The number of hydrogen-bond donors (Lipinski definition) is 3. The van der Waals surface area contributed by atoms with Gasteiger partial charge in [-0.05, 0) is 6.07 Å². The molecule has 10 nitrogen and oxygen atoms in total. The predicted octanol–water partition coefficient (Wildman–Crippen LogP) is -0.895. The summed E-state index contributed by atoms with van der Waals surface area (Å²) in [4.78, 5) is 39.1. The molecule has 20 heavy (non-hydrogen) atoms. The zero-order valence-electron chi connectivity index (χ0n) is 10.1. The number of nitrogens with one attached hydrogen (secondary N) is 1. The van der Waals surface area contributed by atoms with Crippen molar-refractivity contribution < 1.29 is 4.79 Å². The highest BCUT2D eigenvalue weighted by Crippen LogP contribution is 2.04. The lowest BCUT2D eigenvalue weighted by Crippen LogP contribution is -2.20. The quantitative estimate of drug-likeness (QED) is 0.479. The second-order valence-electron chi connectivity index (χ2n) is 3.48. The number of primary amides is 1. The largest absolute Gasteiger partial charge is 0.369 e.